The topological polar surface area (TPSA) is 43.8 Å². The Bertz CT molecular complexity index is 699. The number of carbonyl (C=O) groups is 1. The normalized spacial score (nSPS) is 18.1. The molecule has 0 unspecified atom stereocenters. The lowest BCUT2D eigenvalue weighted by atomic mass is 10.0. The third-order valence-electron chi connectivity index (χ3n) is 4.79. The molecule has 128 valence electrons. The average Bonchev–Trinajstić information content (AvgIpc) is 2.97. The molecule has 5 heteroatoms. The van der Waals surface area contributed by atoms with Gasteiger partial charge in [-0.05, 0) is 50.6 Å². The van der Waals surface area contributed by atoms with E-state index in [0.29, 0.717) is 10.9 Å². The summed E-state index contributed by atoms with van der Waals surface area (Å²) in [5.41, 5.74) is 2.42. The molecule has 1 atom stereocenters. The standard InChI is InChI=1S/C19H24N2O2S/c1-14-15(11-18(24-14)19(22)23)12-20(2)17-9-6-10-21(13-17)16-7-4-3-5-8-16/h3-5,7-8,11,17H,6,9-10,12-13H2,1-2H3,(H,22,23)/t17-/m1/s1. The average molecular weight is 344 g/mol. The fraction of sp³-hybridized carbons (Fsp3) is 0.421. The second-order valence-electron chi connectivity index (χ2n) is 6.49. The van der Waals surface area contributed by atoms with Crippen LogP contribution in [0, 0.1) is 6.92 Å². The number of carboxylic acids is 1. The number of piperidine rings is 1. The maximum atomic E-state index is 11.1. The van der Waals surface area contributed by atoms with Crippen molar-refractivity contribution in [2.24, 2.45) is 0 Å². The van der Waals surface area contributed by atoms with E-state index in [1.807, 2.05) is 13.0 Å². The minimum atomic E-state index is -0.829. The SMILES string of the molecule is Cc1sc(C(=O)O)cc1CN(C)[C@@H]1CCCN(c2ccccc2)C1. The number of benzene rings is 1. The summed E-state index contributed by atoms with van der Waals surface area (Å²) in [7, 11) is 2.15. The number of carboxylic acid groups (broad SMARTS) is 1. The quantitative estimate of drug-likeness (QED) is 0.895. The van der Waals surface area contributed by atoms with E-state index >= 15 is 0 Å². The van der Waals surface area contributed by atoms with E-state index in [0.717, 1.165) is 30.1 Å². The Labute approximate surface area is 147 Å². The van der Waals surface area contributed by atoms with E-state index in [1.54, 1.807) is 0 Å². The van der Waals surface area contributed by atoms with Crippen LogP contribution in [0.3, 0.4) is 0 Å². The monoisotopic (exact) mass is 344 g/mol. The molecule has 1 aliphatic heterocycles. The van der Waals surface area contributed by atoms with E-state index in [-0.39, 0.29) is 0 Å². The lowest BCUT2D eigenvalue weighted by Crippen LogP contribution is -2.46. The number of rotatable bonds is 5. The molecule has 2 heterocycles. The molecule has 24 heavy (non-hydrogen) atoms. The molecule has 0 amide bonds. The van der Waals surface area contributed by atoms with Gasteiger partial charge in [0.1, 0.15) is 4.88 Å². The fourth-order valence-electron chi connectivity index (χ4n) is 3.37. The molecular formula is C19H24N2O2S. The molecule has 2 aromatic rings. The number of aromatic carboxylic acids is 1. The molecule has 1 aromatic carbocycles. The summed E-state index contributed by atoms with van der Waals surface area (Å²) in [4.78, 5) is 17.5. The number of likely N-dealkylation sites (N-methyl/N-ethyl adjacent to an activating group) is 1. The summed E-state index contributed by atoms with van der Waals surface area (Å²) < 4.78 is 0. The Hall–Kier alpha value is -1.85. The Kier molecular flexibility index (Phi) is 5.21. The highest BCUT2D eigenvalue weighted by Crippen LogP contribution is 2.26. The van der Waals surface area contributed by atoms with Crippen LogP contribution in [-0.2, 0) is 6.54 Å². The van der Waals surface area contributed by atoms with Crippen LogP contribution < -0.4 is 4.90 Å². The van der Waals surface area contributed by atoms with E-state index in [1.165, 1.54) is 29.9 Å². The first-order chi connectivity index (χ1) is 11.5. The summed E-state index contributed by atoms with van der Waals surface area (Å²) in [6.45, 7) is 4.95. The smallest absolute Gasteiger partial charge is 0.345 e. The van der Waals surface area contributed by atoms with Gasteiger partial charge in [-0.1, -0.05) is 18.2 Å². The van der Waals surface area contributed by atoms with Gasteiger partial charge >= 0.3 is 5.97 Å². The zero-order valence-electron chi connectivity index (χ0n) is 14.2. The summed E-state index contributed by atoms with van der Waals surface area (Å²) in [5, 5.41) is 9.16. The van der Waals surface area contributed by atoms with Crippen LogP contribution in [0.4, 0.5) is 5.69 Å². The lowest BCUT2D eigenvalue weighted by molar-refractivity contribution is 0.0702. The predicted octanol–water partition coefficient (Wildman–Crippen LogP) is 3.86. The van der Waals surface area contributed by atoms with E-state index in [9.17, 15) is 4.79 Å². The van der Waals surface area contributed by atoms with Crippen LogP contribution in [0.15, 0.2) is 36.4 Å². The van der Waals surface area contributed by atoms with Crippen molar-refractivity contribution in [2.75, 3.05) is 25.0 Å². The molecule has 0 aliphatic carbocycles. The maximum Gasteiger partial charge on any atom is 0.345 e. The Balaban J connectivity index is 1.66. The summed E-state index contributed by atoms with van der Waals surface area (Å²) >= 11 is 1.37. The number of hydrogen-bond acceptors (Lipinski definition) is 4. The van der Waals surface area contributed by atoms with Gasteiger partial charge in [0.05, 0.1) is 0 Å². The lowest BCUT2D eigenvalue weighted by Gasteiger charge is -2.39. The second-order valence-corrected chi connectivity index (χ2v) is 7.75. The van der Waals surface area contributed by atoms with Crippen LogP contribution in [0.2, 0.25) is 0 Å². The van der Waals surface area contributed by atoms with E-state index in [4.69, 9.17) is 5.11 Å². The highest BCUT2D eigenvalue weighted by molar-refractivity contribution is 7.14. The third-order valence-corrected chi connectivity index (χ3v) is 5.87. The van der Waals surface area contributed by atoms with Crippen LogP contribution in [0.5, 0.6) is 0 Å². The molecule has 1 aliphatic rings. The third kappa shape index (κ3) is 3.79. The highest BCUT2D eigenvalue weighted by atomic mass is 32.1. The zero-order chi connectivity index (χ0) is 17.1. The maximum absolute atomic E-state index is 11.1. The second kappa shape index (κ2) is 7.36. The van der Waals surface area contributed by atoms with Gasteiger partial charge in [-0.15, -0.1) is 11.3 Å². The molecule has 3 rings (SSSR count). The highest BCUT2D eigenvalue weighted by Gasteiger charge is 2.24. The van der Waals surface area contributed by atoms with Gasteiger partial charge in [0.25, 0.3) is 0 Å². The van der Waals surface area contributed by atoms with Gasteiger partial charge in [-0.25, -0.2) is 4.79 Å². The molecule has 1 N–H and O–H groups in total. The summed E-state index contributed by atoms with van der Waals surface area (Å²) in [5.74, 6) is -0.829. The van der Waals surface area contributed by atoms with Crippen LogP contribution in [0.1, 0.15) is 33.0 Å². The first-order valence-electron chi connectivity index (χ1n) is 8.37. The molecule has 0 spiro atoms. The molecule has 4 nitrogen and oxygen atoms in total. The Morgan fingerprint density at radius 2 is 2.12 bits per heavy atom. The number of nitrogens with zero attached hydrogens (tertiary/aromatic N) is 2. The number of hydrogen-bond donors (Lipinski definition) is 1. The Morgan fingerprint density at radius 1 is 1.38 bits per heavy atom. The molecule has 0 radical (unpaired) electrons. The van der Waals surface area contributed by atoms with Crippen LogP contribution >= 0.6 is 11.3 Å². The van der Waals surface area contributed by atoms with Crippen molar-refractivity contribution in [3.63, 3.8) is 0 Å². The minimum Gasteiger partial charge on any atom is -0.477 e. The van der Waals surface area contributed by atoms with Crippen molar-refractivity contribution in [1.29, 1.82) is 0 Å². The van der Waals surface area contributed by atoms with Crippen LogP contribution in [0.25, 0.3) is 0 Å². The first kappa shape index (κ1) is 17.0. The number of para-hydroxylation sites is 1. The van der Waals surface area contributed by atoms with E-state index in [2.05, 4.69) is 47.2 Å². The number of thiophene rings is 1. The van der Waals surface area contributed by atoms with Crippen molar-refractivity contribution in [3.8, 4) is 0 Å². The Morgan fingerprint density at radius 3 is 2.79 bits per heavy atom. The predicted molar refractivity (Wildman–Crippen MR) is 99.2 cm³/mol. The molecule has 0 saturated carbocycles. The zero-order valence-corrected chi connectivity index (χ0v) is 15.1. The van der Waals surface area contributed by atoms with Gasteiger partial charge in [-0.2, -0.15) is 0 Å². The largest absolute Gasteiger partial charge is 0.477 e. The van der Waals surface area contributed by atoms with Crippen molar-refractivity contribution in [2.45, 2.75) is 32.4 Å². The van der Waals surface area contributed by atoms with Gasteiger partial charge in [0.15, 0.2) is 0 Å². The van der Waals surface area contributed by atoms with Crippen molar-refractivity contribution in [3.05, 3.63) is 51.7 Å². The van der Waals surface area contributed by atoms with Gasteiger partial charge in [0, 0.05) is 36.2 Å². The van der Waals surface area contributed by atoms with Crippen molar-refractivity contribution < 1.29 is 9.90 Å². The molecule has 1 aromatic heterocycles. The molecule has 1 saturated heterocycles. The van der Waals surface area contributed by atoms with Crippen LogP contribution in [-0.4, -0.2) is 42.2 Å². The first-order valence-corrected chi connectivity index (χ1v) is 9.19. The van der Waals surface area contributed by atoms with E-state index < -0.39 is 5.97 Å². The van der Waals surface area contributed by atoms with Crippen molar-refractivity contribution >= 4 is 23.0 Å². The summed E-state index contributed by atoms with van der Waals surface area (Å²) in [6.07, 6.45) is 2.38. The fourth-order valence-corrected chi connectivity index (χ4v) is 4.24. The van der Waals surface area contributed by atoms with Gasteiger partial charge < -0.3 is 10.0 Å². The molecule has 0 bridgehead atoms. The minimum absolute atomic E-state index is 0.436. The van der Waals surface area contributed by atoms with Gasteiger partial charge in [0.2, 0.25) is 0 Å². The molecule has 1 fully saturated rings. The number of aryl methyl sites for hydroxylation is 1. The van der Waals surface area contributed by atoms with Gasteiger partial charge in [-0.3, -0.25) is 4.90 Å². The van der Waals surface area contributed by atoms with Crippen molar-refractivity contribution in [1.82, 2.24) is 4.90 Å². The number of anilines is 1. The molecular weight excluding hydrogens is 320 g/mol. The summed E-state index contributed by atoms with van der Waals surface area (Å²) in [6, 6.07) is 12.9.